The molecule has 0 fully saturated rings. The van der Waals surface area contributed by atoms with Crippen LogP contribution in [0.15, 0.2) is 0 Å². The Morgan fingerprint density at radius 1 is 1.38 bits per heavy atom. The molecule has 0 aromatic heterocycles. The second-order valence-electron chi connectivity index (χ2n) is 4.91. The molecule has 3 nitrogen and oxygen atoms in total. The van der Waals surface area contributed by atoms with Crippen molar-refractivity contribution in [2.75, 3.05) is 0 Å². The van der Waals surface area contributed by atoms with Crippen molar-refractivity contribution in [1.29, 1.82) is 0 Å². The summed E-state index contributed by atoms with van der Waals surface area (Å²) in [5.41, 5.74) is 5.62. The molecule has 0 aromatic carbocycles. The molecule has 78 valence electrons. The molecular formula is C10H22N2O. The van der Waals surface area contributed by atoms with E-state index < -0.39 is 0 Å². The topological polar surface area (TPSA) is 55.1 Å². The number of amides is 1. The first-order valence-electron chi connectivity index (χ1n) is 4.79. The van der Waals surface area contributed by atoms with Crippen LogP contribution in [0, 0.1) is 5.92 Å². The molecule has 1 atom stereocenters. The van der Waals surface area contributed by atoms with Crippen molar-refractivity contribution >= 4 is 5.91 Å². The van der Waals surface area contributed by atoms with E-state index >= 15 is 0 Å². The Morgan fingerprint density at radius 3 is 2.15 bits per heavy atom. The lowest BCUT2D eigenvalue weighted by atomic mass is 10.0. The van der Waals surface area contributed by atoms with Crippen LogP contribution in [0.4, 0.5) is 0 Å². The van der Waals surface area contributed by atoms with Crippen molar-refractivity contribution in [3.05, 3.63) is 0 Å². The molecule has 0 aliphatic rings. The fraction of sp³-hybridized carbons (Fsp3) is 0.900. The zero-order valence-corrected chi connectivity index (χ0v) is 9.35. The summed E-state index contributed by atoms with van der Waals surface area (Å²) in [6.45, 7) is 9.94. The van der Waals surface area contributed by atoms with E-state index in [1.165, 1.54) is 0 Å². The predicted octanol–water partition coefficient (Wildman–Crippen LogP) is 1.27. The van der Waals surface area contributed by atoms with Gasteiger partial charge in [0.15, 0.2) is 0 Å². The monoisotopic (exact) mass is 186 g/mol. The molecule has 0 rings (SSSR count). The molecule has 3 N–H and O–H groups in total. The van der Waals surface area contributed by atoms with E-state index in [-0.39, 0.29) is 17.5 Å². The fourth-order valence-corrected chi connectivity index (χ4v) is 0.919. The Kier molecular flexibility index (Phi) is 4.40. The average Bonchev–Trinajstić information content (AvgIpc) is 1.81. The Morgan fingerprint density at radius 2 is 1.85 bits per heavy atom. The van der Waals surface area contributed by atoms with Crippen molar-refractivity contribution in [2.24, 2.45) is 11.7 Å². The minimum atomic E-state index is -0.159. The highest BCUT2D eigenvalue weighted by atomic mass is 16.1. The molecular weight excluding hydrogens is 164 g/mol. The zero-order chi connectivity index (χ0) is 10.6. The Bertz CT molecular complexity index is 170. The van der Waals surface area contributed by atoms with Crippen LogP contribution in [-0.4, -0.2) is 17.5 Å². The van der Waals surface area contributed by atoms with Gasteiger partial charge in [-0.2, -0.15) is 0 Å². The molecule has 1 unspecified atom stereocenters. The van der Waals surface area contributed by atoms with Crippen molar-refractivity contribution in [3.8, 4) is 0 Å². The minimum absolute atomic E-state index is 0.0358. The standard InChI is InChI=1S/C10H22N2O/c1-7(2)8(11)6-9(13)12-10(3,4)5/h7-8H,6,11H2,1-5H3,(H,12,13). The highest BCUT2D eigenvalue weighted by Gasteiger charge is 2.17. The van der Waals surface area contributed by atoms with Gasteiger partial charge in [-0.15, -0.1) is 0 Å². The number of carbonyl (C=O) groups excluding carboxylic acids is 1. The summed E-state index contributed by atoms with van der Waals surface area (Å²) in [6, 6.07) is -0.0395. The molecule has 0 saturated heterocycles. The van der Waals surface area contributed by atoms with Crippen molar-refractivity contribution in [1.82, 2.24) is 5.32 Å². The first-order chi connectivity index (χ1) is 5.72. The summed E-state index contributed by atoms with van der Waals surface area (Å²) in [5.74, 6) is 0.388. The van der Waals surface area contributed by atoms with Crippen LogP contribution in [-0.2, 0) is 4.79 Å². The molecule has 0 spiro atoms. The summed E-state index contributed by atoms with van der Waals surface area (Å²) in [5, 5.41) is 2.89. The second kappa shape index (κ2) is 4.61. The van der Waals surface area contributed by atoms with Crippen LogP contribution in [0.2, 0.25) is 0 Å². The van der Waals surface area contributed by atoms with Crippen LogP contribution in [0.3, 0.4) is 0 Å². The molecule has 0 aliphatic carbocycles. The van der Waals surface area contributed by atoms with E-state index in [0.717, 1.165) is 0 Å². The van der Waals surface area contributed by atoms with Crippen molar-refractivity contribution < 1.29 is 4.79 Å². The number of hydrogen-bond donors (Lipinski definition) is 2. The number of nitrogens with one attached hydrogen (secondary N) is 1. The highest BCUT2D eigenvalue weighted by Crippen LogP contribution is 2.05. The van der Waals surface area contributed by atoms with E-state index in [4.69, 9.17) is 5.73 Å². The van der Waals surface area contributed by atoms with Crippen LogP contribution in [0.1, 0.15) is 41.0 Å². The lowest BCUT2D eigenvalue weighted by Crippen LogP contribution is -2.43. The Balaban J connectivity index is 3.89. The minimum Gasteiger partial charge on any atom is -0.351 e. The molecule has 0 aromatic rings. The largest absolute Gasteiger partial charge is 0.351 e. The first-order valence-corrected chi connectivity index (χ1v) is 4.79. The summed E-state index contributed by atoms with van der Waals surface area (Å²) >= 11 is 0. The van der Waals surface area contributed by atoms with E-state index in [9.17, 15) is 4.79 Å². The molecule has 0 aliphatic heterocycles. The molecule has 0 radical (unpaired) electrons. The number of nitrogens with two attached hydrogens (primary N) is 1. The summed E-state index contributed by atoms with van der Waals surface area (Å²) in [6.07, 6.45) is 0.412. The summed E-state index contributed by atoms with van der Waals surface area (Å²) in [7, 11) is 0. The maximum atomic E-state index is 11.4. The average molecular weight is 186 g/mol. The lowest BCUT2D eigenvalue weighted by molar-refractivity contribution is -0.123. The second-order valence-corrected chi connectivity index (χ2v) is 4.91. The third-order valence-electron chi connectivity index (χ3n) is 1.79. The van der Waals surface area contributed by atoms with Gasteiger partial charge in [-0.05, 0) is 26.7 Å². The smallest absolute Gasteiger partial charge is 0.221 e. The van der Waals surface area contributed by atoms with Gasteiger partial charge in [0.1, 0.15) is 0 Å². The van der Waals surface area contributed by atoms with Crippen molar-refractivity contribution in [2.45, 2.75) is 52.6 Å². The highest BCUT2D eigenvalue weighted by molar-refractivity contribution is 5.77. The maximum Gasteiger partial charge on any atom is 0.221 e. The van der Waals surface area contributed by atoms with Gasteiger partial charge in [-0.1, -0.05) is 13.8 Å². The van der Waals surface area contributed by atoms with Gasteiger partial charge in [0.25, 0.3) is 0 Å². The van der Waals surface area contributed by atoms with Gasteiger partial charge in [0.2, 0.25) is 5.91 Å². The van der Waals surface area contributed by atoms with Gasteiger partial charge in [-0.25, -0.2) is 0 Å². The summed E-state index contributed by atoms with van der Waals surface area (Å²) in [4.78, 5) is 11.4. The van der Waals surface area contributed by atoms with Gasteiger partial charge in [0, 0.05) is 18.0 Å². The van der Waals surface area contributed by atoms with Gasteiger partial charge < -0.3 is 11.1 Å². The van der Waals surface area contributed by atoms with Crippen molar-refractivity contribution in [3.63, 3.8) is 0 Å². The lowest BCUT2D eigenvalue weighted by Gasteiger charge is -2.22. The Hall–Kier alpha value is -0.570. The molecule has 13 heavy (non-hydrogen) atoms. The van der Waals surface area contributed by atoms with Crippen LogP contribution in [0.25, 0.3) is 0 Å². The number of hydrogen-bond acceptors (Lipinski definition) is 2. The van der Waals surface area contributed by atoms with Crippen LogP contribution < -0.4 is 11.1 Å². The zero-order valence-electron chi connectivity index (χ0n) is 9.35. The maximum absolute atomic E-state index is 11.4. The predicted molar refractivity (Wildman–Crippen MR) is 55.3 cm³/mol. The van der Waals surface area contributed by atoms with E-state index in [0.29, 0.717) is 12.3 Å². The van der Waals surface area contributed by atoms with Gasteiger partial charge >= 0.3 is 0 Å². The molecule has 1 amide bonds. The Labute approximate surface area is 81.1 Å². The molecule has 0 bridgehead atoms. The fourth-order valence-electron chi connectivity index (χ4n) is 0.919. The number of carbonyl (C=O) groups is 1. The van der Waals surface area contributed by atoms with E-state index in [1.54, 1.807) is 0 Å². The van der Waals surface area contributed by atoms with E-state index in [1.807, 2.05) is 34.6 Å². The molecule has 3 heteroatoms. The first kappa shape index (κ1) is 12.4. The third kappa shape index (κ3) is 6.58. The normalized spacial score (nSPS) is 14.4. The molecule has 0 heterocycles. The van der Waals surface area contributed by atoms with Gasteiger partial charge in [-0.3, -0.25) is 4.79 Å². The number of rotatable bonds is 3. The van der Waals surface area contributed by atoms with Crippen LogP contribution >= 0.6 is 0 Å². The van der Waals surface area contributed by atoms with E-state index in [2.05, 4.69) is 5.32 Å². The molecule has 0 saturated carbocycles. The third-order valence-corrected chi connectivity index (χ3v) is 1.79. The SMILES string of the molecule is CC(C)C(N)CC(=O)NC(C)(C)C. The quantitative estimate of drug-likeness (QED) is 0.697. The summed E-state index contributed by atoms with van der Waals surface area (Å²) < 4.78 is 0. The van der Waals surface area contributed by atoms with Crippen LogP contribution in [0.5, 0.6) is 0 Å². The van der Waals surface area contributed by atoms with Gasteiger partial charge in [0.05, 0.1) is 0 Å².